The predicted octanol–water partition coefficient (Wildman–Crippen LogP) is 4.43. The molecule has 1 N–H and O–H groups in total. The van der Waals surface area contributed by atoms with Gasteiger partial charge in [0.15, 0.2) is 0 Å². The Morgan fingerprint density at radius 3 is 2.31 bits per heavy atom. The Morgan fingerprint density at radius 1 is 1.17 bits per heavy atom. The number of aromatic nitrogens is 2. The third kappa shape index (κ3) is 4.93. The average molecular weight is 399 g/mol. The van der Waals surface area contributed by atoms with E-state index in [4.69, 9.17) is 0 Å². The molecule has 0 aliphatic carbocycles. The van der Waals surface area contributed by atoms with Crippen molar-refractivity contribution in [1.29, 1.82) is 0 Å². The lowest BCUT2D eigenvalue weighted by atomic mass is 9.79. The molecular formula is C23H31FN4O. The lowest BCUT2D eigenvalue weighted by Crippen LogP contribution is -2.58. The van der Waals surface area contributed by atoms with Crippen LogP contribution in [-0.2, 0) is 0 Å². The molecule has 6 heteroatoms. The molecule has 1 saturated heterocycles. The van der Waals surface area contributed by atoms with Gasteiger partial charge in [-0.2, -0.15) is 0 Å². The zero-order valence-electron chi connectivity index (χ0n) is 18.2. The first-order valence-corrected chi connectivity index (χ1v) is 9.98. The zero-order chi connectivity index (χ0) is 21.4. The van der Waals surface area contributed by atoms with E-state index in [0.717, 1.165) is 18.4 Å². The van der Waals surface area contributed by atoms with Gasteiger partial charge in [0.05, 0.1) is 12.0 Å². The van der Waals surface area contributed by atoms with Gasteiger partial charge in [-0.25, -0.2) is 9.37 Å². The second-order valence-corrected chi connectivity index (χ2v) is 9.45. The van der Waals surface area contributed by atoms with Gasteiger partial charge in [0, 0.05) is 49.1 Å². The molecule has 3 rings (SSSR count). The number of allylic oxidation sites excluding steroid dienone is 1. The molecule has 0 spiro atoms. The van der Waals surface area contributed by atoms with Crippen molar-refractivity contribution in [3.63, 3.8) is 0 Å². The van der Waals surface area contributed by atoms with Crippen molar-refractivity contribution >= 4 is 5.78 Å². The van der Waals surface area contributed by atoms with Crippen LogP contribution in [0, 0.1) is 5.82 Å². The largest absolute Gasteiger partial charge is 0.383 e. The lowest BCUT2D eigenvalue weighted by Gasteiger charge is -2.47. The Kier molecular flexibility index (Phi) is 5.68. The maximum absolute atomic E-state index is 13.4. The standard InChI is InChI=1S/C23H31FN4O/c1-22(2)13-18(14-23(3,4)26-22)28-15-25-20(16-7-9-17(24)10-8-16)21(28)19(29)11-12-27(5)6/h7-12,15,18,26H,13-14H2,1-6H3/b12-11+. The molecule has 1 aliphatic rings. The molecule has 1 aliphatic heterocycles. The Labute approximate surface area is 172 Å². The van der Waals surface area contributed by atoms with Crippen molar-refractivity contribution in [2.24, 2.45) is 0 Å². The van der Waals surface area contributed by atoms with E-state index >= 15 is 0 Å². The number of nitrogens with zero attached hydrogens (tertiary/aromatic N) is 3. The smallest absolute Gasteiger partial charge is 0.205 e. The fourth-order valence-electron chi connectivity index (χ4n) is 4.46. The third-order valence-corrected chi connectivity index (χ3v) is 5.23. The molecule has 0 amide bonds. The molecule has 1 aromatic carbocycles. The molecule has 2 heterocycles. The van der Waals surface area contributed by atoms with Gasteiger partial charge in [-0.1, -0.05) is 0 Å². The average Bonchev–Trinajstić information content (AvgIpc) is 3.02. The first-order chi connectivity index (χ1) is 13.5. The van der Waals surface area contributed by atoms with Crippen molar-refractivity contribution in [2.45, 2.75) is 57.7 Å². The fourth-order valence-corrected chi connectivity index (χ4v) is 4.46. The van der Waals surface area contributed by atoms with Crippen LogP contribution < -0.4 is 5.32 Å². The highest BCUT2D eigenvalue weighted by molar-refractivity contribution is 6.07. The first kappa shape index (κ1) is 21.2. The van der Waals surface area contributed by atoms with E-state index in [1.54, 1.807) is 30.7 Å². The Morgan fingerprint density at radius 2 is 1.76 bits per heavy atom. The number of hydrogen-bond acceptors (Lipinski definition) is 4. The number of imidazole rings is 1. The van der Waals surface area contributed by atoms with E-state index in [2.05, 4.69) is 38.0 Å². The quantitative estimate of drug-likeness (QED) is 0.598. The minimum Gasteiger partial charge on any atom is -0.383 e. The van der Waals surface area contributed by atoms with Gasteiger partial charge in [0.25, 0.3) is 0 Å². The molecule has 29 heavy (non-hydrogen) atoms. The van der Waals surface area contributed by atoms with E-state index in [0.29, 0.717) is 11.4 Å². The summed E-state index contributed by atoms with van der Waals surface area (Å²) >= 11 is 0. The summed E-state index contributed by atoms with van der Waals surface area (Å²) in [7, 11) is 3.75. The van der Waals surface area contributed by atoms with Gasteiger partial charge in [-0.05, 0) is 64.8 Å². The summed E-state index contributed by atoms with van der Waals surface area (Å²) in [4.78, 5) is 19.6. The molecule has 5 nitrogen and oxygen atoms in total. The van der Waals surface area contributed by atoms with Gasteiger partial charge in [-0.3, -0.25) is 4.79 Å². The fraction of sp³-hybridized carbons (Fsp3) is 0.478. The van der Waals surface area contributed by atoms with Gasteiger partial charge in [0.1, 0.15) is 11.5 Å². The van der Waals surface area contributed by atoms with E-state index < -0.39 is 0 Å². The summed E-state index contributed by atoms with van der Waals surface area (Å²) < 4.78 is 15.4. The van der Waals surface area contributed by atoms with Crippen LogP contribution in [0.4, 0.5) is 4.39 Å². The second-order valence-electron chi connectivity index (χ2n) is 9.45. The Balaban J connectivity index is 2.09. The van der Waals surface area contributed by atoms with Crippen molar-refractivity contribution in [1.82, 2.24) is 19.8 Å². The number of halogens is 1. The van der Waals surface area contributed by atoms with E-state index in [9.17, 15) is 9.18 Å². The molecule has 1 aromatic heterocycles. The van der Waals surface area contributed by atoms with Gasteiger partial charge in [-0.15, -0.1) is 0 Å². The normalized spacial score (nSPS) is 18.9. The van der Waals surface area contributed by atoms with E-state index in [1.165, 1.54) is 12.1 Å². The number of hydrogen-bond donors (Lipinski definition) is 1. The molecular weight excluding hydrogens is 367 g/mol. The van der Waals surface area contributed by atoms with Crippen LogP contribution in [0.5, 0.6) is 0 Å². The number of carbonyl (C=O) groups excluding carboxylic acids is 1. The molecule has 0 bridgehead atoms. The SMILES string of the molecule is CN(C)/C=C/C(=O)c1c(-c2ccc(F)cc2)ncn1C1CC(C)(C)NC(C)(C)C1. The predicted molar refractivity (Wildman–Crippen MR) is 114 cm³/mol. The van der Waals surface area contributed by atoms with Crippen molar-refractivity contribution in [3.8, 4) is 11.3 Å². The summed E-state index contributed by atoms with van der Waals surface area (Å²) in [5, 5.41) is 3.68. The first-order valence-electron chi connectivity index (χ1n) is 9.98. The summed E-state index contributed by atoms with van der Waals surface area (Å²) in [6, 6.07) is 6.27. The van der Waals surface area contributed by atoms with Crippen LogP contribution in [0.15, 0.2) is 42.9 Å². The van der Waals surface area contributed by atoms with Gasteiger partial charge < -0.3 is 14.8 Å². The van der Waals surface area contributed by atoms with Gasteiger partial charge in [0.2, 0.25) is 5.78 Å². The maximum Gasteiger partial charge on any atom is 0.205 e. The van der Waals surface area contributed by atoms with Crippen LogP contribution in [0.25, 0.3) is 11.3 Å². The monoisotopic (exact) mass is 398 g/mol. The highest BCUT2D eigenvalue weighted by Crippen LogP contribution is 2.38. The highest BCUT2D eigenvalue weighted by atomic mass is 19.1. The molecule has 2 aromatic rings. The topological polar surface area (TPSA) is 50.2 Å². The summed E-state index contributed by atoms with van der Waals surface area (Å²) in [6.07, 6.45) is 6.83. The Bertz CT molecular complexity index is 893. The van der Waals surface area contributed by atoms with E-state index in [1.807, 2.05) is 23.6 Å². The summed E-state index contributed by atoms with van der Waals surface area (Å²) in [5.41, 5.74) is 1.75. The number of benzene rings is 1. The van der Waals surface area contributed by atoms with Crippen molar-refractivity contribution < 1.29 is 9.18 Å². The number of nitrogens with one attached hydrogen (secondary N) is 1. The minimum absolute atomic E-state index is 0.0630. The highest BCUT2D eigenvalue weighted by Gasteiger charge is 2.39. The number of carbonyl (C=O) groups is 1. The molecule has 1 fully saturated rings. The van der Waals surface area contributed by atoms with Crippen LogP contribution >= 0.6 is 0 Å². The molecule has 0 unspecified atom stereocenters. The molecule has 0 atom stereocenters. The number of rotatable bonds is 5. The van der Waals surface area contributed by atoms with Gasteiger partial charge >= 0.3 is 0 Å². The maximum atomic E-state index is 13.4. The number of ketones is 1. The molecule has 0 saturated carbocycles. The molecule has 0 radical (unpaired) electrons. The zero-order valence-corrected chi connectivity index (χ0v) is 18.2. The van der Waals surface area contributed by atoms with Crippen molar-refractivity contribution in [2.75, 3.05) is 14.1 Å². The van der Waals surface area contributed by atoms with Crippen LogP contribution in [0.2, 0.25) is 0 Å². The second kappa shape index (κ2) is 7.75. The van der Waals surface area contributed by atoms with Crippen LogP contribution in [-0.4, -0.2) is 45.4 Å². The third-order valence-electron chi connectivity index (χ3n) is 5.23. The number of piperidine rings is 1. The summed E-state index contributed by atoms with van der Waals surface area (Å²) in [6.45, 7) is 8.75. The van der Waals surface area contributed by atoms with Crippen molar-refractivity contribution in [3.05, 3.63) is 54.4 Å². The molecule has 156 valence electrons. The Hall–Kier alpha value is -2.47. The van der Waals surface area contributed by atoms with Crippen LogP contribution in [0.3, 0.4) is 0 Å². The minimum atomic E-state index is -0.310. The van der Waals surface area contributed by atoms with Crippen LogP contribution in [0.1, 0.15) is 57.1 Å². The lowest BCUT2D eigenvalue weighted by molar-refractivity contribution is 0.101. The summed E-state index contributed by atoms with van der Waals surface area (Å²) in [5.74, 6) is -0.417. The van der Waals surface area contributed by atoms with E-state index in [-0.39, 0.29) is 28.7 Å².